The van der Waals surface area contributed by atoms with Gasteiger partial charge in [0.25, 0.3) is 0 Å². The van der Waals surface area contributed by atoms with Crippen molar-refractivity contribution in [3.63, 3.8) is 0 Å². The molecular formula is C4H17CoN5O2-3. The minimum atomic E-state index is -0.961. The van der Waals surface area contributed by atoms with E-state index in [-0.39, 0.29) is 54.0 Å². The molecule has 0 aliphatic rings. The summed E-state index contributed by atoms with van der Waals surface area (Å²) in [4.78, 5) is 9.49. The van der Waals surface area contributed by atoms with Gasteiger partial charge in [-0.2, -0.15) is 0 Å². The van der Waals surface area contributed by atoms with E-state index in [0.717, 1.165) is 0 Å². The molecule has 10 N–H and O–H groups in total. The second-order valence-corrected chi connectivity index (χ2v) is 1.12. The molecule has 0 fully saturated rings. The van der Waals surface area contributed by atoms with Crippen LogP contribution in [0.2, 0.25) is 0 Å². The van der Waals surface area contributed by atoms with Gasteiger partial charge in [0.1, 0.15) is 0 Å². The second kappa shape index (κ2) is 45.1. The zero-order valence-electron chi connectivity index (χ0n) is 6.95. The Morgan fingerprint density at radius 1 is 1.08 bits per heavy atom. The van der Waals surface area contributed by atoms with Crippen LogP contribution in [0.5, 0.6) is 0 Å². The Morgan fingerprint density at radius 3 is 1.33 bits per heavy atom. The molecule has 82 valence electrons. The van der Waals surface area contributed by atoms with E-state index in [1.807, 2.05) is 0 Å². The molecule has 0 bridgehead atoms. The van der Waals surface area contributed by atoms with Gasteiger partial charge < -0.3 is 40.7 Å². The Labute approximate surface area is 83.8 Å². The molecule has 0 aromatic rings. The fourth-order valence-electron chi connectivity index (χ4n) is 0.204. The second-order valence-electron chi connectivity index (χ2n) is 1.12. The van der Waals surface area contributed by atoms with Crippen LogP contribution in [0.15, 0.2) is 0 Å². The molecule has 0 atom stereocenters. The minimum Gasteiger partial charge on any atom is -0.693 e. The predicted octanol–water partition coefficient (Wildman–Crippen LogP) is 3.12. The normalized spacial score (nSPS) is 4.08. The Kier molecular flexibility index (Phi) is 226. The smallest absolute Gasteiger partial charge is 0.693 e. The van der Waals surface area contributed by atoms with Crippen molar-refractivity contribution in [2.24, 2.45) is 0 Å². The summed E-state index contributed by atoms with van der Waals surface area (Å²) in [7, 11) is 0. The molecule has 12 heavy (non-hydrogen) atoms. The number of rotatable bonds is 2. The molecule has 0 amide bonds. The van der Waals surface area contributed by atoms with Crippen LogP contribution in [0.25, 0.3) is 30.8 Å². The number of nitrogens with two attached hydrogens (primary N) is 5. The number of hydrogen-bond donors (Lipinski definition) is 0. The van der Waals surface area contributed by atoms with Crippen molar-refractivity contribution in [3.8, 4) is 0 Å². The first-order valence-corrected chi connectivity index (χ1v) is 1.97. The molecule has 0 radical (unpaired) electrons. The Hall–Kier alpha value is -0.224. The summed E-state index contributed by atoms with van der Waals surface area (Å²) in [6.45, 7) is 1.80. The molecule has 0 saturated heterocycles. The topological polar surface area (TPSA) is 208 Å². The van der Waals surface area contributed by atoms with Gasteiger partial charge in [-0.25, -0.2) is 0 Å². The third-order valence-corrected chi connectivity index (χ3v) is 0.454. The molecule has 0 aromatic carbocycles. The summed E-state index contributed by atoms with van der Waals surface area (Å²) in [5.41, 5.74) is 0. The molecule has 0 aromatic heterocycles. The third kappa shape index (κ3) is 97.7. The molecule has 8 heteroatoms. The molecule has 0 unspecified atom stereocenters. The fourth-order valence-corrected chi connectivity index (χ4v) is 0.204. The number of carboxylic acids is 1. The maximum atomic E-state index is 9.49. The summed E-state index contributed by atoms with van der Waals surface area (Å²) in [5, 5.41) is 9.49. The van der Waals surface area contributed by atoms with Crippen LogP contribution in [0, 0.1) is 0 Å². The molecule has 0 heterocycles. The van der Waals surface area contributed by atoms with Crippen molar-refractivity contribution in [1.82, 2.24) is 0 Å². The number of hydrogen-bond acceptors (Lipinski definition) is 2. The SMILES string of the molecule is CCCC(=O)[O-].[Co+3].[NH2-].[NH2-].[NH2-].[NH2-].[NH2-]. The summed E-state index contributed by atoms with van der Waals surface area (Å²) >= 11 is 0. The van der Waals surface area contributed by atoms with Crippen LogP contribution >= 0.6 is 0 Å². The standard InChI is InChI=1S/C4H8O2.Co.5H2N/c1-2-3-4(5)6;;;;;;/h2-3H2,1H3,(H,5,6);;5*1H2/q;+3;5*-1/p-1. The van der Waals surface area contributed by atoms with Crippen LogP contribution in [0.4, 0.5) is 0 Å². The fraction of sp³-hybridized carbons (Fsp3) is 0.750. The molecule has 7 nitrogen and oxygen atoms in total. The van der Waals surface area contributed by atoms with Crippen molar-refractivity contribution in [2.75, 3.05) is 0 Å². The average molecular weight is 226 g/mol. The summed E-state index contributed by atoms with van der Waals surface area (Å²) < 4.78 is 0. The van der Waals surface area contributed by atoms with Crippen molar-refractivity contribution in [3.05, 3.63) is 30.8 Å². The van der Waals surface area contributed by atoms with Crippen LogP contribution in [0.1, 0.15) is 19.8 Å². The van der Waals surface area contributed by atoms with Crippen LogP contribution in [0.3, 0.4) is 0 Å². The first-order valence-electron chi connectivity index (χ1n) is 1.97. The van der Waals surface area contributed by atoms with E-state index in [1.165, 1.54) is 0 Å². The monoisotopic (exact) mass is 226 g/mol. The van der Waals surface area contributed by atoms with E-state index < -0.39 is 5.97 Å². The maximum Gasteiger partial charge on any atom is 3.00 e. The van der Waals surface area contributed by atoms with Gasteiger partial charge in [0, 0.05) is 5.97 Å². The zero-order chi connectivity index (χ0) is 4.99. The van der Waals surface area contributed by atoms with E-state index in [2.05, 4.69) is 0 Å². The van der Waals surface area contributed by atoms with Crippen LogP contribution < -0.4 is 5.11 Å². The summed E-state index contributed by atoms with van der Waals surface area (Å²) in [5.74, 6) is -0.961. The van der Waals surface area contributed by atoms with Gasteiger partial charge in [0.2, 0.25) is 0 Å². The number of carbonyl (C=O) groups excluding carboxylic acids is 1. The average Bonchev–Trinajstić information content (AvgIpc) is 1.35. The Bertz CT molecular complexity index is 65.4. The summed E-state index contributed by atoms with van der Waals surface area (Å²) in [6.07, 6.45) is 0.850. The number of carbonyl (C=O) groups is 1. The van der Waals surface area contributed by atoms with Crippen molar-refractivity contribution in [1.29, 1.82) is 0 Å². The van der Waals surface area contributed by atoms with E-state index in [9.17, 15) is 9.90 Å². The summed E-state index contributed by atoms with van der Waals surface area (Å²) in [6, 6.07) is 0. The quantitative estimate of drug-likeness (QED) is 0.694. The van der Waals surface area contributed by atoms with Crippen molar-refractivity contribution >= 4 is 5.97 Å². The molecule has 0 rings (SSSR count). The van der Waals surface area contributed by atoms with E-state index in [1.54, 1.807) is 6.92 Å². The molecule has 0 spiro atoms. The molecule has 0 aliphatic heterocycles. The van der Waals surface area contributed by atoms with Gasteiger partial charge in [0.15, 0.2) is 0 Å². The number of aliphatic carboxylic acids is 1. The van der Waals surface area contributed by atoms with E-state index in [0.29, 0.717) is 6.42 Å². The van der Waals surface area contributed by atoms with Gasteiger partial charge in [-0.3, -0.25) is 0 Å². The van der Waals surface area contributed by atoms with Gasteiger partial charge in [-0.15, -0.1) is 0 Å². The van der Waals surface area contributed by atoms with Crippen molar-refractivity contribution < 1.29 is 26.7 Å². The zero-order valence-corrected chi connectivity index (χ0v) is 7.99. The van der Waals surface area contributed by atoms with Gasteiger partial charge in [0.05, 0.1) is 0 Å². The largest absolute Gasteiger partial charge is 3.00 e. The first-order chi connectivity index (χ1) is 2.77. The first kappa shape index (κ1) is 59.9. The molecular weight excluding hydrogens is 209 g/mol. The minimum absolute atomic E-state index is 0. The third-order valence-electron chi connectivity index (χ3n) is 0.454. The van der Waals surface area contributed by atoms with Gasteiger partial charge >= 0.3 is 16.8 Å². The molecule has 0 aliphatic carbocycles. The van der Waals surface area contributed by atoms with Gasteiger partial charge in [-0.1, -0.05) is 13.3 Å². The number of carboxylic acid groups (broad SMARTS) is 1. The van der Waals surface area contributed by atoms with Crippen LogP contribution in [-0.4, -0.2) is 5.97 Å². The Morgan fingerprint density at radius 2 is 1.33 bits per heavy atom. The Balaban J connectivity index is -0.00000000833. The van der Waals surface area contributed by atoms with Gasteiger partial charge in [-0.05, 0) is 6.42 Å². The molecule has 0 saturated carbocycles. The predicted molar refractivity (Wildman–Crippen MR) is 46.3 cm³/mol. The van der Waals surface area contributed by atoms with E-state index >= 15 is 0 Å². The van der Waals surface area contributed by atoms with Crippen LogP contribution in [-0.2, 0) is 21.6 Å². The maximum absolute atomic E-state index is 9.49. The van der Waals surface area contributed by atoms with Crippen molar-refractivity contribution in [2.45, 2.75) is 19.8 Å². The van der Waals surface area contributed by atoms with E-state index in [4.69, 9.17) is 0 Å².